The fourth-order valence-electron chi connectivity index (χ4n) is 1.36. The largest absolute Gasteiger partial charge is 1.00 e. The van der Waals surface area contributed by atoms with Crippen LogP contribution >= 0.6 is 0 Å². The van der Waals surface area contributed by atoms with Gasteiger partial charge < -0.3 is 27.6 Å². The lowest BCUT2D eigenvalue weighted by atomic mass is 10.3. The quantitative estimate of drug-likeness (QED) is 0.711. The van der Waals surface area contributed by atoms with E-state index in [4.69, 9.17) is 15.2 Å². The summed E-state index contributed by atoms with van der Waals surface area (Å²) >= 11 is 0. The number of carbonyl (C=O) groups is 1. The molecule has 0 aromatic heterocycles. The predicted molar refractivity (Wildman–Crippen MR) is 67.3 cm³/mol. The molecule has 2 rings (SSSR count). The summed E-state index contributed by atoms with van der Waals surface area (Å²) in [6.45, 7) is 3.93. The first-order chi connectivity index (χ1) is 7.99. The lowest BCUT2D eigenvalue weighted by molar-refractivity contribution is -0.111. The van der Waals surface area contributed by atoms with Crippen LogP contribution in [-0.2, 0) is 4.79 Å². The molecule has 1 aliphatic carbocycles. The zero-order chi connectivity index (χ0) is 13.0. The van der Waals surface area contributed by atoms with Crippen molar-refractivity contribution >= 4 is 11.5 Å². The zero-order valence-electron chi connectivity index (χ0n) is 11.1. The van der Waals surface area contributed by atoms with E-state index < -0.39 is 0 Å². The summed E-state index contributed by atoms with van der Waals surface area (Å²) in [5.41, 5.74) is 6.19. The first kappa shape index (κ1) is 16.6. The molecule has 1 saturated carbocycles. The van der Waals surface area contributed by atoms with E-state index in [-0.39, 0.29) is 12.4 Å². The highest BCUT2D eigenvalue weighted by molar-refractivity contribution is 5.98. The van der Waals surface area contributed by atoms with E-state index in [0.717, 1.165) is 0 Å². The van der Waals surface area contributed by atoms with Crippen LogP contribution in [-0.4, -0.2) is 20.0 Å². The van der Waals surface area contributed by atoms with E-state index in [0.29, 0.717) is 34.8 Å². The number of hydrogen-bond donors (Lipinski definition) is 1. The van der Waals surface area contributed by atoms with Gasteiger partial charge in [0.15, 0.2) is 0 Å². The second-order valence-electron chi connectivity index (χ2n) is 4.13. The highest BCUT2D eigenvalue weighted by Crippen LogP contribution is 2.31. The number of ketones is 1. The Hall–Kier alpha value is -1.42. The normalized spacial score (nSPS) is 20.1. The maximum absolute atomic E-state index is 10.2. The highest BCUT2D eigenvalue weighted by atomic mass is 35.5. The molecule has 1 aromatic rings. The summed E-state index contributed by atoms with van der Waals surface area (Å²) < 4.78 is 9.96. The van der Waals surface area contributed by atoms with Gasteiger partial charge in [-0.3, -0.25) is 4.79 Å². The number of nitrogens with two attached hydrogens (primary N) is 1. The monoisotopic (exact) mass is 272 g/mol. The van der Waals surface area contributed by atoms with Gasteiger partial charge in [0.2, 0.25) is 0 Å². The second-order valence-corrected chi connectivity index (χ2v) is 4.13. The molecule has 2 N–H and O–H groups in total. The molecule has 0 amide bonds. The van der Waals surface area contributed by atoms with Crippen molar-refractivity contribution < 1.29 is 26.7 Å². The molecule has 0 heterocycles. The van der Waals surface area contributed by atoms with E-state index in [1.807, 2.05) is 13.8 Å². The lowest BCUT2D eigenvalue weighted by Crippen LogP contribution is -3.00. The van der Waals surface area contributed by atoms with Crippen LogP contribution in [0.1, 0.15) is 13.8 Å². The number of rotatable bonds is 2. The van der Waals surface area contributed by atoms with Gasteiger partial charge >= 0.3 is 0 Å². The van der Waals surface area contributed by atoms with Crippen molar-refractivity contribution in [1.29, 1.82) is 0 Å². The first-order valence-electron chi connectivity index (χ1n) is 5.51. The summed E-state index contributed by atoms with van der Waals surface area (Å²) in [6, 6.07) is 5.25. The molecular formula is C13H19ClNO3-. The minimum Gasteiger partial charge on any atom is -1.00 e. The number of hydrogen-bond acceptors (Lipinski definition) is 4. The maximum atomic E-state index is 10.2. The van der Waals surface area contributed by atoms with Gasteiger partial charge in [-0.25, -0.2) is 0 Å². The van der Waals surface area contributed by atoms with Gasteiger partial charge in [0.1, 0.15) is 17.3 Å². The smallest absolute Gasteiger partial charge is 0.139 e. The van der Waals surface area contributed by atoms with E-state index in [1.165, 1.54) is 0 Å². The number of anilines is 1. The van der Waals surface area contributed by atoms with Crippen molar-refractivity contribution in [2.45, 2.75) is 13.8 Å². The van der Waals surface area contributed by atoms with Crippen LogP contribution in [0.3, 0.4) is 0 Å². The Morgan fingerprint density at radius 2 is 1.33 bits per heavy atom. The molecule has 0 bridgehead atoms. The topological polar surface area (TPSA) is 61.5 Å². The van der Waals surface area contributed by atoms with Crippen LogP contribution in [0.25, 0.3) is 0 Å². The molecule has 0 saturated heterocycles. The van der Waals surface area contributed by atoms with E-state index >= 15 is 0 Å². The highest BCUT2D eigenvalue weighted by Gasteiger charge is 2.40. The molecule has 1 aromatic carbocycles. The summed E-state index contributed by atoms with van der Waals surface area (Å²) in [5.74, 6) is 2.61. The molecule has 2 atom stereocenters. The Kier molecular flexibility index (Phi) is 6.55. The molecule has 4 nitrogen and oxygen atoms in total. The fourth-order valence-corrected chi connectivity index (χ4v) is 1.36. The third-order valence-electron chi connectivity index (χ3n) is 2.91. The SMILES string of the molecule is CC1C(=O)C1C.COc1cc(N)cc(OC)c1.[Cl-]. The summed E-state index contributed by atoms with van der Waals surface area (Å²) in [6.07, 6.45) is 0. The first-order valence-corrected chi connectivity index (χ1v) is 5.51. The Morgan fingerprint density at radius 1 is 1.00 bits per heavy atom. The van der Waals surface area contributed by atoms with Crippen LogP contribution in [0.15, 0.2) is 18.2 Å². The van der Waals surface area contributed by atoms with Crippen molar-refractivity contribution in [1.82, 2.24) is 0 Å². The van der Waals surface area contributed by atoms with Crippen molar-refractivity contribution in [3.63, 3.8) is 0 Å². The number of nitrogen functional groups attached to an aromatic ring is 1. The van der Waals surface area contributed by atoms with Gasteiger partial charge in [-0.05, 0) is 0 Å². The molecule has 0 aliphatic heterocycles. The fraction of sp³-hybridized carbons (Fsp3) is 0.462. The minimum absolute atomic E-state index is 0. The third kappa shape index (κ3) is 4.45. The summed E-state index contributed by atoms with van der Waals surface area (Å²) in [7, 11) is 3.18. The Bertz CT molecular complexity index is 377. The Labute approximate surface area is 114 Å². The van der Waals surface area contributed by atoms with Crippen molar-refractivity contribution in [3.05, 3.63) is 18.2 Å². The maximum Gasteiger partial charge on any atom is 0.139 e. The van der Waals surface area contributed by atoms with Crippen LogP contribution in [0.4, 0.5) is 5.69 Å². The van der Waals surface area contributed by atoms with E-state index in [9.17, 15) is 4.79 Å². The molecule has 5 heteroatoms. The van der Waals surface area contributed by atoms with Gasteiger partial charge in [0, 0.05) is 35.7 Å². The Morgan fingerprint density at radius 3 is 1.56 bits per heavy atom. The van der Waals surface area contributed by atoms with Crippen molar-refractivity contribution in [3.8, 4) is 11.5 Å². The number of ether oxygens (including phenoxy) is 2. The standard InChI is InChI=1S/C8H11NO2.C5H8O.ClH/c1-10-7-3-6(9)4-8(5-7)11-2;1-3-4(2)5(3)6;/h3-5H,9H2,1-2H3;3-4H,1-2H3;1H/p-1. The summed E-state index contributed by atoms with van der Waals surface area (Å²) in [4.78, 5) is 10.2. The van der Waals surface area contributed by atoms with Crippen LogP contribution in [0, 0.1) is 11.8 Å². The second kappa shape index (κ2) is 7.11. The molecule has 2 unspecified atom stereocenters. The average Bonchev–Trinajstić information content (AvgIpc) is 2.85. The van der Waals surface area contributed by atoms with Crippen LogP contribution < -0.4 is 27.6 Å². The number of methoxy groups -OCH3 is 2. The van der Waals surface area contributed by atoms with Crippen molar-refractivity contribution in [2.24, 2.45) is 11.8 Å². The molecule has 102 valence electrons. The molecule has 1 fully saturated rings. The van der Waals surface area contributed by atoms with Gasteiger partial charge in [-0.15, -0.1) is 0 Å². The molecule has 1 aliphatic rings. The molecule has 0 spiro atoms. The van der Waals surface area contributed by atoms with Gasteiger partial charge in [0.05, 0.1) is 14.2 Å². The van der Waals surface area contributed by atoms with E-state index in [1.54, 1.807) is 32.4 Å². The van der Waals surface area contributed by atoms with Crippen LogP contribution in [0.2, 0.25) is 0 Å². The summed E-state index contributed by atoms with van der Waals surface area (Å²) in [5, 5.41) is 0. The third-order valence-corrected chi connectivity index (χ3v) is 2.91. The number of benzene rings is 1. The van der Waals surface area contributed by atoms with E-state index in [2.05, 4.69) is 0 Å². The predicted octanol–water partition coefficient (Wildman–Crippen LogP) is -0.869. The number of Topliss-reactive ketones (excluding diaryl/α,β-unsaturated/α-hetero) is 1. The number of halogens is 1. The van der Waals surface area contributed by atoms with Gasteiger partial charge in [-0.2, -0.15) is 0 Å². The lowest BCUT2D eigenvalue weighted by Gasteiger charge is -2.04. The van der Waals surface area contributed by atoms with Crippen molar-refractivity contribution in [2.75, 3.05) is 20.0 Å². The Balaban J connectivity index is 0.000000352. The van der Waals surface area contributed by atoms with Gasteiger partial charge in [0.25, 0.3) is 0 Å². The minimum atomic E-state index is 0. The zero-order valence-corrected chi connectivity index (χ0v) is 11.8. The number of carbonyl (C=O) groups excluding carboxylic acids is 1. The van der Waals surface area contributed by atoms with Gasteiger partial charge in [-0.1, -0.05) is 13.8 Å². The molecular weight excluding hydrogens is 254 g/mol. The van der Waals surface area contributed by atoms with Crippen LogP contribution in [0.5, 0.6) is 11.5 Å². The molecule has 18 heavy (non-hydrogen) atoms. The molecule has 0 radical (unpaired) electrons. The average molecular weight is 273 g/mol.